The third-order valence-corrected chi connectivity index (χ3v) is 4.44. The number of aromatic carboxylic acids is 1. The van der Waals surface area contributed by atoms with Gasteiger partial charge < -0.3 is 5.11 Å². The number of carbonyl (C=O) groups is 1. The molecule has 0 radical (unpaired) electrons. The van der Waals surface area contributed by atoms with Crippen LogP contribution in [0.4, 0.5) is 8.78 Å². The van der Waals surface area contributed by atoms with E-state index in [4.69, 9.17) is 5.11 Å². The molecule has 2 heterocycles. The van der Waals surface area contributed by atoms with E-state index in [1.165, 1.54) is 0 Å². The predicted molar refractivity (Wildman–Crippen MR) is 54.2 cm³/mol. The molecule has 1 aromatic heterocycles. The van der Waals surface area contributed by atoms with E-state index in [2.05, 4.69) is 10.3 Å². The normalized spacial score (nSPS) is 22.5. The molecule has 1 N–H and O–H groups in total. The Morgan fingerprint density at radius 3 is 2.61 bits per heavy atom. The highest BCUT2D eigenvalue weighted by molar-refractivity contribution is 7.91. The van der Waals surface area contributed by atoms with Gasteiger partial charge in [-0.15, -0.1) is 5.10 Å². The van der Waals surface area contributed by atoms with Gasteiger partial charge >= 0.3 is 5.97 Å². The van der Waals surface area contributed by atoms with Gasteiger partial charge in [0.25, 0.3) is 6.43 Å². The Bertz CT molecular complexity index is 583. The number of halogens is 2. The Kier molecular flexibility index (Phi) is 3.05. The van der Waals surface area contributed by atoms with E-state index in [1.54, 1.807) is 0 Å². The van der Waals surface area contributed by atoms with E-state index in [-0.39, 0.29) is 17.9 Å². The summed E-state index contributed by atoms with van der Waals surface area (Å²) in [5, 5.41) is 15.2. The lowest BCUT2D eigenvalue weighted by molar-refractivity contribution is 0.0675. The third kappa shape index (κ3) is 2.19. The van der Waals surface area contributed by atoms with Crippen molar-refractivity contribution in [2.24, 2.45) is 0 Å². The highest BCUT2D eigenvalue weighted by Gasteiger charge is 2.35. The van der Waals surface area contributed by atoms with Crippen LogP contribution in [0.5, 0.6) is 0 Å². The highest BCUT2D eigenvalue weighted by Crippen LogP contribution is 2.29. The van der Waals surface area contributed by atoms with Gasteiger partial charge in [0.2, 0.25) is 0 Å². The molecule has 7 nitrogen and oxygen atoms in total. The summed E-state index contributed by atoms with van der Waals surface area (Å²) in [4.78, 5) is 10.7. The first-order valence-corrected chi connectivity index (χ1v) is 6.81. The number of carboxylic acid groups (broad SMARTS) is 1. The average Bonchev–Trinajstić information content (AvgIpc) is 2.80. The average molecular weight is 281 g/mol. The molecule has 100 valence electrons. The van der Waals surface area contributed by atoms with Crippen molar-refractivity contribution in [3.63, 3.8) is 0 Å². The molecule has 1 atom stereocenters. The van der Waals surface area contributed by atoms with Crippen LogP contribution in [-0.2, 0) is 9.84 Å². The monoisotopic (exact) mass is 281 g/mol. The van der Waals surface area contributed by atoms with Crippen LogP contribution in [0.15, 0.2) is 0 Å². The Balaban J connectivity index is 2.43. The van der Waals surface area contributed by atoms with Crippen LogP contribution in [0, 0.1) is 0 Å². The molecule has 2 rings (SSSR count). The summed E-state index contributed by atoms with van der Waals surface area (Å²) >= 11 is 0. The Hall–Kier alpha value is -1.58. The molecule has 0 bridgehead atoms. The molecule has 1 unspecified atom stereocenters. The van der Waals surface area contributed by atoms with Crippen LogP contribution < -0.4 is 0 Å². The van der Waals surface area contributed by atoms with Crippen molar-refractivity contribution in [3.8, 4) is 0 Å². The van der Waals surface area contributed by atoms with Gasteiger partial charge in [-0.3, -0.25) is 0 Å². The minimum absolute atomic E-state index is 0.122. The second kappa shape index (κ2) is 4.26. The smallest absolute Gasteiger partial charge is 0.358 e. The van der Waals surface area contributed by atoms with E-state index in [0.717, 1.165) is 4.68 Å². The molecule has 1 fully saturated rings. The first-order valence-electron chi connectivity index (χ1n) is 4.99. The van der Waals surface area contributed by atoms with E-state index in [9.17, 15) is 22.0 Å². The zero-order valence-electron chi connectivity index (χ0n) is 8.95. The number of sulfone groups is 1. The van der Waals surface area contributed by atoms with E-state index < -0.39 is 39.7 Å². The summed E-state index contributed by atoms with van der Waals surface area (Å²) in [5.41, 5.74) is -1.68. The molecule has 1 saturated heterocycles. The number of rotatable bonds is 3. The van der Waals surface area contributed by atoms with E-state index >= 15 is 0 Å². The summed E-state index contributed by atoms with van der Waals surface area (Å²) in [7, 11) is -3.28. The van der Waals surface area contributed by atoms with Gasteiger partial charge in [-0.1, -0.05) is 5.21 Å². The van der Waals surface area contributed by atoms with Crippen LogP contribution in [-0.4, -0.2) is 46.0 Å². The number of carboxylic acids is 1. The van der Waals surface area contributed by atoms with Gasteiger partial charge in [-0.05, 0) is 6.42 Å². The molecule has 1 aliphatic rings. The Morgan fingerprint density at radius 2 is 2.17 bits per heavy atom. The second-order valence-corrected chi connectivity index (χ2v) is 6.16. The van der Waals surface area contributed by atoms with Crippen molar-refractivity contribution < 1.29 is 27.1 Å². The summed E-state index contributed by atoms with van der Waals surface area (Å²) in [5.74, 6) is -2.06. The van der Waals surface area contributed by atoms with Crippen LogP contribution in [0.25, 0.3) is 0 Å². The fourth-order valence-electron chi connectivity index (χ4n) is 1.89. The van der Waals surface area contributed by atoms with Gasteiger partial charge in [0, 0.05) is 0 Å². The SMILES string of the molecule is O=C(O)c1nnn(C2CCS(=O)(=O)C2)c1C(F)F. The molecule has 1 aliphatic heterocycles. The quantitative estimate of drug-likeness (QED) is 0.853. The number of nitrogens with zero attached hydrogens (tertiary/aromatic N) is 3. The van der Waals surface area contributed by atoms with Crippen molar-refractivity contribution in [2.75, 3.05) is 11.5 Å². The molecule has 10 heteroatoms. The lowest BCUT2D eigenvalue weighted by Crippen LogP contribution is -2.16. The minimum Gasteiger partial charge on any atom is -0.476 e. The highest BCUT2D eigenvalue weighted by atomic mass is 32.2. The summed E-state index contributed by atoms with van der Waals surface area (Å²) in [6.07, 6.45) is -2.95. The summed E-state index contributed by atoms with van der Waals surface area (Å²) < 4.78 is 48.9. The third-order valence-electron chi connectivity index (χ3n) is 2.69. The molecule has 0 amide bonds. The number of aromatic nitrogens is 3. The van der Waals surface area contributed by atoms with Crippen molar-refractivity contribution in [2.45, 2.75) is 18.9 Å². The van der Waals surface area contributed by atoms with Gasteiger partial charge in [0.05, 0.1) is 17.5 Å². The maximum absolute atomic E-state index is 12.8. The lowest BCUT2D eigenvalue weighted by Gasteiger charge is -2.11. The largest absolute Gasteiger partial charge is 0.476 e. The molecule has 0 spiro atoms. The molecular weight excluding hydrogens is 272 g/mol. The molecular formula is C8H9F2N3O4S. The van der Waals surface area contributed by atoms with Gasteiger partial charge in [-0.2, -0.15) is 0 Å². The van der Waals surface area contributed by atoms with Crippen molar-refractivity contribution in [3.05, 3.63) is 11.4 Å². The molecule has 0 saturated carbocycles. The first kappa shape index (κ1) is 12.9. The van der Waals surface area contributed by atoms with Gasteiger partial charge in [0.1, 0.15) is 5.69 Å². The maximum atomic E-state index is 12.8. The lowest BCUT2D eigenvalue weighted by atomic mass is 10.2. The zero-order chi connectivity index (χ0) is 13.5. The molecule has 0 aliphatic carbocycles. The van der Waals surface area contributed by atoms with Crippen LogP contribution >= 0.6 is 0 Å². The standard InChI is InChI=1S/C8H9F2N3O4S/c9-7(10)6-5(8(14)15)11-12-13(6)4-1-2-18(16,17)3-4/h4,7H,1-3H2,(H,14,15). The Labute approximate surface area is 100 Å². The van der Waals surface area contributed by atoms with Gasteiger partial charge in [-0.25, -0.2) is 26.7 Å². The van der Waals surface area contributed by atoms with Gasteiger partial charge in [0.15, 0.2) is 15.5 Å². The topological polar surface area (TPSA) is 102 Å². The molecule has 0 aromatic carbocycles. The second-order valence-electron chi connectivity index (χ2n) is 3.93. The van der Waals surface area contributed by atoms with Crippen molar-refractivity contribution in [1.29, 1.82) is 0 Å². The van der Waals surface area contributed by atoms with E-state index in [1.807, 2.05) is 0 Å². The van der Waals surface area contributed by atoms with Crippen LogP contribution in [0.1, 0.15) is 35.1 Å². The minimum atomic E-state index is -3.28. The van der Waals surface area contributed by atoms with E-state index in [0.29, 0.717) is 0 Å². The molecule has 1 aromatic rings. The predicted octanol–water partition coefficient (Wildman–Crippen LogP) is 0.273. The number of hydrogen-bond acceptors (Lipinski definition) is 5. The number of hydrogen-bond donors (Lipinski definition) is 1. The summed E-state index contributed by atoms with van der Waals surface area (Å²) in [6.45, 7) is 0. The first-order chi connectivity index (χ1) is 8.32. The maximum Gasteiger partial charge on any atom is 0.358 e. The fraction of sp³-hybridized carbons (Fsp3) is 0.625. The summed E-state index contributed by atoms with van der Waals surface area (Å²) in [6, 6.07) is -0.778. The zero-order valence-corrected chi connectivity index (χ0v) is 9.77. The van der Waals surface area contributed by atoms with Crippen molar-refractivity contribution in [1.82, 2.24) is 15.0 Å². The van der Waals surface area contributed by atoms with Crippen molar-refractivity contribution >= 4 is 15.8 Å². The van der Waals surface area contributed by atoms with Crippen LogP contribution in [0.2, 0.25) is 0 Å². The fourth-order valence-corrected chi connectivity index (χ4v) is 3.59. The number of alkyl halides is 2. The molecule has 18 heavy (non-hydrogen) atoms. The Morgan fingerprint density at radius 1 is 1.50 bits per heavy atom. The van der Waals surface area contributed by atoms with Crippen LogP contribution in [0.3, 0.4) is 0 Å².